The van der Waals surface area contributed by atoms with Crippen molar-refractivity contribution in [1.82, 2.24) is 0 Å². The molecule has 0 amide bonds. The third-order valence-corrected chi connectivity index (χ3v) is 5.42. The van der Waals surface area contributed by atoms with E-state index in [1.165, 1.54) is 4.88 Å². The van der Waals surface area contributed by atoms with Crippen molar-refractivity contribution in [3.8, 4) is 0 Å². The van der Waals surface area contributed by atoms with Crippen molar-refractivity contribution in [1.29, 1.82) is 0 Å². The largest absolute Gasteiger partial charge is 0.287 e. The van der Waals surface area contributed by atoms with Crippen molar-refractivity contribution >= 4 is 44.4 Å². The topological polar surface area (TPSA) is 17.1 Å². The highest BCUT2D eigenvalue weighted by molar-refractivity contribution is 9.10. The first kappa shape index (κ1) is 12.0. The van der Waals surface area contributed by atoms with E-state index < -0.39 is 0 Å². The number of thiophene rings is 2. The highest BCUT2D eigenvalue weighted by Gasteiger charge is 2.17. The molecule has 0 aliphatic rings. The lowest BCUT2D eigenvalue weighted by Gasteiger charge is -1.94. The average Bonchev–Trinajstić information content (AvgIpc) is 2.84. The van der Waals surface area contributed by atoms with Crippen molar-refractivity contribution < 1.29 is 4.79 Å². The number of hydrogen-bond acceptors (Lipinski definition) is 3. The minimum Gasteiger partial charge on any atom is -0.287 e. The highest BCUT2D eigenvalue weighted by atomic mass is 79.9. The van der Waals surface area contributed by atoms with Crippen LogP contribution in [0.25, 0.3) is 0 Å². The van der Waals surface area contributed by atoms with Gasteiger partial charge in [-0.3, -0.25) is 4.79 Å². The molecule has 2 aromatic rings. The van der Waals surface area contributed by atoms with Gasteiger partial charge in [-0.15, -0.1) is 22.7 Å². The molecule has 16 heavy (non-hydrogen) atoms. The Bertz CT molecular complexity index is 525. The van der Waals surface area contributed by atoms with Gasteiger partial charge in [0.05, 0.1) is 9.75 Å². The summed E-state index contributed by atoms with van der Waals surface area (Å²) in [5, 5.41) is 0. The lowest BCUT2D eigenvalue weighted by molar-refractivity contribution is 0.104. The molecule has 4 heteroatoms. The third-order valence-electron chi connectivity index (χ3n) is 2.25. The summed E-state index contributed by atoms with van der Waals surface area (Å²) in [5.41, 5.74) is 0. The van der Waals surface area contributed by atoms with Crippen LogP contribution in [0.3, 0.4) is 0 Å². The van der Waals surface area contributed by atoms with Gasteiger partial charge >= 0.3 is 0 Å². The maximum absolute atomic E-state index is 12.2. The van der Waals surface area contributed by atoms with Gasteiger partial charge in [0.2, 0.25) is 5.78 Å². The fourth-order valence-electron chi connectivity index (χ4n) is 1.44. The van der Waals surface area contributed by atoms with Crippen LogP contribution in [0.15, 0.2) is 22.7 Å². The monoisotopic (exact) mass is 314 g/mol. The summed E-state index contributed by atoms with van der Waals surface area (Å²) in [6.45, 7) is 4.11. The van der Waals surface area contributed by atoms with Gasteiger partial charge in [-0.2, -0.15) is 0 Å². The molecule has 0 radical (unpaired) electrons. The molecule has 0 aromatic carbocycles. The molecule has 0 aliphatic carbocycles. The fraction of sp³-hybridized carbons (Fsp3) is 0.250. The number of carbonyl (C=O) groups excluding carboxylic acids is 1. The molecule has 2 aromatic heterocycles. The maximum atomic E-state index is 12.2. The Balaban J connectivity index is 2.35. The lowest BCUT2D eigenvalue weighted by Crippen LogP contribution is -1.95. The van der Waals surface area contributed by atoms with E-state index >= 15 is 0 Å². The minimum atomic E-state index is 0.134. The number of hydrogen-bond donors (Lipinski definition) is 0. The summed E-state index contributed by atoms with van der Waals surface area (Å²) in [5.74, 6) is 0.134. The SMILES string of the molecule is CCc1ccc(C(=O)c2sc(C)cc2Br)s1. The predicted molar refractivity (Wildman–Crippen MR) is 73.9 cm³/mol. The predicted octanol–water partition coefficient (Wildman–Crippen LogP) is 4.67. The maximum Gasteiger partial charge on any atom is 0.214 e. The fourth-order valence-corrected chi connectivity index (χ4v) is 4.17. The molecule has 0 fully saturated rings. The molecule has 0 saturated carbocycles. The van der Waals surface area contributed by atoms with Crippen molar-refractivity contribution in [2.24, 2.45) is 0 Å². The molecule has 84 valence electrons. The summed E-state index contributed by atoms with van der Waals surface area (Å²) >= 11 is 6.57. The van der Waals surface area contributed by atoms with Crippen LogP contribution in [0.5, 0.6) is 0 Å². The van der Waals surface area contributed by atoms with E-state index in [9.17, 15) is 4.79 Å². The molecule has 0 saturated heterocycles. The smallest absolute Gasteiger partial charge is 0.214 e. The standard InChI is InChI=1S/C12H11BrOS2/c1-3-8-4-5-10(16-8)11(14)12-9(13)6-7(2)15-12/h4-6H,3H2,1-2H3. The Labute approximate surface area is 111 Å². The van der Waals surface area contributed by atoms with Crippen LogP contribution in [0, 0.1) is 6.92 Å². The van der Waals surface area contributed by atoms with Gasteiger partial charge < -0.3 is 0 Å². The van der Waals surface area contributed by atoms with Crippen LogP contribution in [0.4, 0.5) is 0 Å². The van der Waals surface area contributed by atoms with Crippen LogP contribution < -0.4 is 0 Å². The highest BCUT2D eigenvalue weighted by Crippen LogP contribution is 2.31. The third kappa shape index (κ3) is 2.29. The zero-order valence-corrected chi connectivity index (χ0v) is 12.3. The second-order valence-electron chi connectivity index (χ2n) is 3.48. The van der Waals surface area contributed by atoms with Gasteiger partial charge in [0, 0.05) is 14.2 Å². The molecule has 0 atom stereocenters. The quantitative estimate of drug-likeness (QED) is 0.752. The van der Waals surface area contributed by atoms with Crippen LogP contribution in [0.1, 0.15) is 31.2 Å². The summed E-state index contributed by atoms with van der Waals surface area (Å²) < 4.78 is 0.909. The van der Waals surface area contributed by atoms with Crippen LogP contribution in [0.2, 0.25) is 0 Å². The molecule has 1 nitrogen and oxygen atoms in total. The molecule has 0 unspecified atom stereocenters. The Morgan fingerprint density at radius 3 is 2.62 bits per heavy atom. The second-order valence-corrected chi connectivity index (χ2v) is 6.76. The molecule has 2 heterocycles. The van der Waals surface area contributed by atoms with E-state index in [1.54, 1.807) is 22.7 Å². The van der Waals surface area contributed by atoms with Crippen LogP contribution >= 0.6 is 38.6 Å². The van der Waals surface area contributed by atoms with Crippen LogP contribution in [-0.2, 0) is 6.42 Å². The van der Waals surface area contributed by atoms with E-state index in [-0.39, 0.29) is 5.78 Å². The average molecular weight is 315 g/mol. The van der Waals surface area contributed by atoms with Crippen molar-refractivity contribution in [2.45, 2.75) is 20.3 Å². The molecular weight excluding hydrogens is 304 g/mol. The summed E-state index contributed by atoms with van der Waals surface area (Å²) in [4.78, 5) is 16.3. The van der Waals surface area contributed by atoms with Gasteiger partial charge in [0.1, 0.15) is 0 Å². The molecular formula is C12H11BrOS2. The van der Waals surface area contributed by atoms with Crippen molar-refractivity contribution in [3.05, 3.63) is 42.2 Å². The van der Waals surface area contributed by atoms with Gasteiger partial charge in [-0.05, 0) is 47.5 Å². The molecule has 0 spiro atoms. The summed E-state index contributed by atoms with van der Waals surface area (Å²) in [6.07, 6.45) is 0.989. The Morgan fingerprint density at radius 2 is 2.12 bits per heavy atom. The van der Waals surface area contributed by atoms with E-state index in [0.717, 1.165) is 25.5 Å². The first-order chi connectivity index (χ1) is 7.61. The number of aryl methyl sites for hydroxylation is 2. The van der Waals surface area contributed by atoms with Gasteiger partial charge in [-0.1, -0.05) is 6.92 Å². The van der Waals surface area contributed by atoms with E-state index in [0.29, 0.717) is 0 Å². The van der Waals surface area contributed by atoms with E-state index in [2.05, 4.69) is 22.9 Å². The van der Waals surface area contributed by atoms with Gasteiger partial charge in [0.15, 0.2) is 0 Å². The summed E-state index contributed by atoms with van der Waals surface area (Å²) in [7, 11) is 0. The van der Waals surface area contributed by atoms with E-state index in [1.807, 2.05) is 25.1 Å². The Hall–Kier alpha value is -0.450. The summed E-state index contributed by atoms with van der Waals surface area (Å²) in [6, 6.07) is 5.95. The van der Waals surface area contributed by atoms with Gasteiger partial charge in [0.25, 0.3) is 0 Å². The molecule has 0 bridgehead atoms. The number of ketones is 1. The van der Waals surface area contributed by atoms with Gasteiger partial charge in [-0.25, -0.2) is 0 Å². The Kier molecular flexibility index (Phi) is 3.62. The minimum absolute atomic E-state index is 0.134. The van der Waals surface area contributed by atoms with Crippen molar-refractivity contribution in [3.63, 3.8) is 0 Å². The first-order valence-corrected chi connectivity index (χ1v) is 7.43. The second kappa shape index (κ2) is 4.82. The zero-order chi connectivity index (χ0) is 11.7. The molecule has 0 aliphatic heterocycles. The number of halogens is 1. The zero-order valence-electron chi connectivity index (χ0n) is 9.04. The number of carbonyl (C=O) groups is 1. The lowest BCUT2D eigenvalue weighted by atomic mass is 10.2. The Morgan fingerprint density at radius 1 is 1.38 bits per heavy atom. The number of rotatable bonds is 3. The molecule has 0 N–H and O–H groups in total. The van der Waals surface area contributed by atoms with Crippen molar-refractivity contribution in [2.75, 3.05) is 0 Å². The molecule has 2 rings (SSSR count). The first-order valence-electron chi connectivity index (χ1n) is 5.01. The normalized spacial score (nSPS) is 10.7. The van der Waals surface area contributed by atoms with E-state index in [4.69, 9.17) is 0 Å². The van der Waals surface area contributed by atoms with Crippen LogP contribution in [-0.4, -0.2) is 5.78 Å².